The summed E-state index contributed by atoms with van der Waals surface area (Å²) >= 11 is 0. The Kier molecular flexibility index (Phi) is 6.44. The summed E-state index contributed by atoms with van der Waals surface area (Å²) in [5, 5.41) is 17.2. The van der Waals surface area contributed by atoms with Crippen LogP contribution in [0.3, 0.4) is 0 Å². The molecule has 1 aliphatic carbocycles. The summed E-state index contributed by atoms with van der Waals surface area (Å²) in [5.41, 5.74) is 1.32. The third-order valence-electron chi connectivity index (χ3n) is 3.25. The highest BCUT2D eigenvalue weighted by atomic mass is 16.4. The summed E-state index contributed by atoms with van der Waals surface area (Å²) in [7, 11) is 0. The second kappa shape index (κ2) is 7.88. The monoisotopic (exact) mass is 250 g/mol. The quantitative estimate of drug-likeness (QED) is 0.847. The Morgan fingerprint density at radius 1 is 1.28 bits per heavy atom. The van der Waals surface area contributed by atoms with E-state index in [1.807, 2.05) is 13.0 Å². The fourth-order valence-corrected chi connectivity index (χ4v) is 2.15. The van der Waals surface area contributed by atoms with Crippen LogP contribution in [0.4, 0.5) is 0 Å². The number of aromatic carboxylic acids is 1. The van der Waals surface area contributed by atoms with Gasteiger partial charge in [0.25, 0.3) is 0 Å². The van der Waals surface area contributed by atoms with Gasteiger partial charge in [-0.1, -0.05) is 37.0 Å². The number of carboxylic acids is 1. The van der Waals surface area contributed by atoms with Crippen LogP contribution in [-0.4, -0.2) is 22.8 Å². The van der Waals surface area contributed by atoms with Gasteiger partial charge < -0.3 is 10.2 Å². The number of aliphatic hydroxyl groups excluding tert-OH is 1. The summed E-state index contributed by atoms with van der Waals surface area (Å²) in [6.45, 7) is 2.28. The molecule has 1 fully saturated rings. The van der Waals surface area contributed by atoms with Crippen LogP contribution in [0.2, 0.25) is 0 Å². The number of hydrogen-bond donors (Lipinski definition) is 2. The first-order valence-electron chi connectivity index (χ1n) is 6.54. The second-order valence-corrected chi connectivity index (χ2v) is 4.86. The van der Waals surface area contributed by atoms with Crippen molar-refractivity contribution in [1.29, 1.82) is 0 Å². The van der Waals surface area contributed by atoms with E-state index >= 15 is 0 Å². The number of carbonyl (C=O) groups is 1. The molecule has 0 amide bonds. The third-order valence-corrected chi connectivity index (χ3v) is 3.25. The van der Waals surface area contributed by atoms with Crippen molar-refractivity contribution in [2.75, 3.05) is 6.61 Å². The molecule has 2 rings (SSSR count). The van der Waals surface area contributed by atoms with E-state index in [-0.39, 0.29) is 0 Å². The summed E-state index contributed by atoms with van der Waals surface area (Å²) in [6, 6.07) is 6.82. The van der Waals surface area contributed by atoms with Crippen molar-refractivity contribution < 1.29 is 15.0 Å². The standard InChI is InChI=1S/C8H8O2.C7H14O/c1-6-3-2-4-7(5-6)8(9)10;8-6-7-4-2-1-3-5-7/h2-5H,1H3,(H,9,10);7-8H,1-6H2. The van der Waals surface area contributed by atoms with Crippen molar-refractivity contribution in [1.82, 2.24) is 0 Å². The van der Waals surface area contributed by atoms with Gasteiger partial charge in [0.15, 0.2) is 0 Å². The molecule has 0 heterocycles. The lowest BCUT2D eigenvalue weighted by atomic mass is 9.90. The molecule has 0 radical (unpaired) electrons. The van der Waals surface area contributed by atoms with Crippen LogP contribution in [0.15, 0.2) is 24.3 Å². The normalized spacial score (nSPS) is 15.7. The van der Waals surface area contributed by atoms with Gasteiger partial charge in [0.05, 0.1) is 5.56 Å². The van der Waals surface area contributed by atoms with Gasteiger partial charge in [-0.15, -0.1) is 0 Å². The molecule has 18 heavy (non-hydrogen) atoms. The summed E-state index contributed by atoms with van der Waals surface area (Å²) in [4.78, 5) is 10.4. The number of carboxylic acid groups (broad SMARTS) is 1. The van der Waals surface area contributed by atoms with Crippen LogP contribution in [0.25, 0.3) is 0 Å². The fraction of sp³-hybridized carbons (Fsp3) is 0.533. The van der Waals surface area contributed by atoms with E-state index in [4.69, 9.17) is 10.2 Å². The molecule has 0 saturated heterocycles. The van der Waals surface area contributed by atoms with Crippen LogP contribution in [-0.2, 0) is 0 Å². The van der Waals surface area contributed by atoms with Gasteiger partial charge in [-0.25, -0.2) is 4.79 Å². The molecule has 3 heteroatoms. The molecule has 2 N–H and O–H groups in total. The molecule has 1 aliphatic rings. The number of aliphatic hydroxyl groups is 1. The maximum atomic E-state index is 10.4. The summed E-state index contributed by atoms with van der Waals surface area (Å²) in [6.07, 6.45) is 6.58. The van der Waals surface area contributed by atoms with Gasteiger partial charge in [0.2, 0.25) is 0 Å². The van der Waals surface area contributed by atoms with Gasteiger partial charge in [-0.05, 0) is 37.8 Å². The Balaban J connectivity index is 0.000000184. The maximum absolute atomic E-state index is 10.4. The van der Waals surface area contributed by atoms with Gasteiger partial charge in [0, 0.05) is 6.61 Å². The SMILES string of the molecule is Cc1cccc(C(=O)O)c1.OCC1CCCCC1. The highest BCUT2D eigenvalue weighted by Gasteiger charge is 2.10. The van der Waals surface area contributed by atoms with Gasteiger partial charge in [-0.3, -0.25) is 0 Å². The second-order valence-electron chi connectivity index (χ2n) is 4.86. The third kappa shape index (κ3) is 5.32. The Hall–Kier alpha value is -1.35. The minimum atomic E-state index is -0.872. The number of rotatable bonds is 2. The van der Waals surface area contributed by atoms with E-state index in [1.54, 1.807) is 18.2 Å². The molecule has 1 aromatic carbocycles. The predicted molar refractivity (Wildman–Crippen MR) is 71.8 cm³/mol. The summed E-state index contributed by atoms with van der Waals surface area (Å²) in [5.74, 6) is -0.229. The van der Waals surface area contributed by atoms with Crippen molar-refractivity contribution in [3.05, 3.63) is 35.4 Å². The van der Waals surface area contributed by atoms with Crippen LogP contribution in [0.1, 0.15) is 48.0 Å². The Morgan fingerprint density at radius 2 is 1.94 bits per heavy atom. The van der Waals surface area contributed by atoms with E-state index in [1.165, 1.54) is 32.1 Å². The first-order valence-corrected chi connectivity index (χ1v) is 6.54. The number of benzene rings is 1. The maximum Gasteiger partial charge on any atom is 0.335 e. The average Bonchev–Trinajstić information content (AvgIpc) is 2.40. The smallest absolute Gasteiger partial charge is 0.335 e. The molecule has 1 saturated carbocycles. The van der Waals surface area contributed by atoms with Crippen molar-refractivity contribution in [3.63, 3.8) is 0 Å². The van der Waals surface area contributed by atoms with Crippen LogP contribution in [0, 0.1) is 12.8 Å². The number of aryl methyl sites for hydroxylation is 1. The van der Waals surface area contributed by atoms with Gasteiger partial charge >= 0.3 is 5.97 Å². The van der Waals surface area contributed by atoms with Crippen LogP contribution in [0.5, 0.6) is 0 Å². The van der Waals surface area contributed by atoms with Crippen molar-refractivity contribution in [2.24, 2.45) is 5.92 Å². The van der Waals surface area contributed by atoms with Crippen LogP contribution >= 0.6 is 0 Å². The van der Waals surface area contributed by atoms with Crippen molar-refractivity contribution >= 4 is 5.97 Å². The lowest BCUT2D eigenvalue weighted by molar-refractivity contribution is 0.0697. The highest BCUT2D eigenvalue weighted by molar-refractivity contribution is 5.87. The largest absolute Gasteiger partial charge is 0.478 e. The van der Waals surface area contributed by atoms with Gasteiger partial charge in [-0.2, -0.15) is 0 Å². The van der Waals surface area contributed by atoms with E-state index < -0.39 is 5.97 Å². The molecular weight excluding hydrogens is 228 g/mol. The van der Waals surface area contributed by atoms with E-state index in [0.29, 0.717) is 18.1 Å². The van der Waals surface area contributed by atoms with Crippen molar-refractivity contribution in [3.8, 4) is 0 Å². The Morgan fingerprint density at radius 3 is 2.33 bits per heavy atom. The zero-order chi connectivity index (χ0) is 13.4. The van der Waals surface area contributed by atoms with Gasteiger partial charge in [0.1, 0.15) is 0 Å². The van der Waals surface area contributed by atoms with E-state index in [9.17, 15) is 4.79 Å². The lowest BCUT2D eigenvalue weighted by Gasteiger charge is -2.18. The molecule has 0 spiro atoms. The Labute approximate surface area is 108 Å². The molecule has 1 aromatic rings. The molecule has 0 atom stereocenters. The molecular formula is C15H22O3. The average molecular weight is 250 g/mol. The molecule has 0 bridgehead atoms. The topological polar surface area (TPSA) is 57.5 Å². The molecule has 0 aliphatic heterocycles. The minimum absolute atomic E-state index is 0.347. The minimum Gasteiger partial charge on any atom is -0.478 e. The lowest BCUT2D eigenvalue weighted by Crippen LogP contribution is -2.09. The molecule has 0 unspecified atom stereocenters. The van der Waals surface area contributed by atoms with Crippen LogP contribution < -0.4 is 0 Å². The van der Waals surface area contributed by atoms with Crippen molar-refractivity contribution in [2.45, 2.75) is 39.0 Å². The highest BCUT2D eigenvalue weighted by Crippen LogP contribution is 2.22. The molecule has 100 valence electrons. The first-order chi connectivity index (χ1) is 8.63. The number of hydrogen-bond acceptors (Lipinski definition) is 2. The first kappa shape index (κ1) is 14.7. The van der Waals surface area contributed by atoms with E-state index in [2.05, 4.69) is 0 Å². The zero-order valence-corrected chi connectivity index (χ0v) is 10.9. The Bertz CT molecular complexity index is 368. The molecule has 0 aromatic heterocycles. The molecule has 3 nitrogen and oxygen atoms in total. The fourth-order valence-electron chi connectivity index (χ4n) is 2.15. The summed E-state index contributed by atoms with van der Waals surface area (Å²) < 4.78 is 0. The zero-order valence-electron chi connectivity index (χ0n) is 10.9. The van der Waals surface area contributed by atoms with E-state index in [0.717, 1.165) is 5.56 Å². The predicted octanol–water partition coefficient (Wildman–Crippen LogP) is 3.25.